The van der Waals surface area contributed by atoms with Crippen molar-refractivity contribution in [2.75, 3.05) is 33.2 Å². The number of nitrogens with one attached hydrogen (secondary N) is 1. The fourth-order valence-electron chi connectivity index (χ4n) is 2.59. The largest absolute Gasteiger partial charge is 0.356 e. The quantitative estimate of drug-likeness (QED) is 0.719. The maximum atomic E-state index is 11.7. The third-order valence-electron chi connectivity index (χ3n) is 3.83. The van der Waals surface area contributed by atoms with Gasteiger partial charge in [-0.25, -0.2) is 0 Å². The Morgan fingerprint density at radius 3 is 2.94 bits per heavy atom. The molecule has 1 heterocycles. The molecule has 0 bridgehead atoms. The lowest BCUT2D eigenvalue weighted by atomic mass is 9.98. The lowest BCUT2D eigenvalue weighted by Crippen LogP contribution is -2.39. The van der Waals surface area contributed by atoms with Gasteiger partial charge in [-0.3, -0.25) is 4.79 Å². The van der Waals surface area contributed by atoms with E-state index in [1.165, 1.54) is 19.4 Å². The predicted molar refractivity (Wildman–Crippen MR) is 75.3 cm³/mol. The molecule has 1 fully saturated rings. The summed E-state index contributed by atoms with van der Waals surface area (Å²) in [7, 11) is 2.16. The van der Waals surface area contributed by atoms with E-state index in [1.807, 2.05) is 0 Å². The highest BCUT2D eigenvalue weighted by atomic mass is 16.1. The summed E-state index contributed by atoms with van der Waals surface area (Å²) in [4.78, 5) is 14.1. The molecule has 0 aliphatic carbocycles. The molecular formula is C14H29N3O. The first-order valence-electron chi connectivity index (χ1n) is 7.27. The minimum atomic E-state index is 0.201. The molecule has 18 heavy (non-hydrogen) atoms. The van der Waals surface area contributed by atoms with Gasteiger partial charge in [-0.15, -0.1) is 0 Å². The Morgan fingerprint density at radius 2 is 2.28 bits per heavy atom. The summed E-state index contributed by atoms with van der Waals surface area (Å²) >= 11 is 0. The maximum absolute atomic E-state index is 11.7. The molecule has 106 valence electrons. The zero-order valence-corrected chi connectivity index (χ0v) is 12.0. The Labute approximate surface area is 111 Å². The molecule has 0 aromatic heterocycles. The minimum Gasteiger partial charge on any atom is -0.356 e. The molecule has 3 N–H and O–H groups in total. The number of hydrogen-bond donors (Lipinski definition) is 2. The molecule has 0 radical (unpaired) electrons. The summed E-state index contributed by atoms with van der Waals surface area (Å²) in [6, 6.07) is 0. The van der Waals surface area contributed by atoms with E-state index >= 15 is 0 Å². The van der Waals surface area contributed by atoms with Crippen molar-refractivity contribution >= 4 is 5.91 Å². The van der Waals surface area contributed by atoms with E-state index in [0.29, 0.717) is 18.3 Å². The van der Waals surface area contributed by atoms with E-state index in [2.05, 4.69) is 24.2 Å². The van der Waals surface area contributed by atoms with Crippen LogP contribution in [0.2, 0.25) is 0 Å². The minimum absolute atomic E-state index is 0.201. The summed E-state index contributed by atoms with van der Waals surface area (Å²) in [5.41, 5.74) is 5.50. The second-order valence-corrected chi connectivity index (χ2v) is 5.80. The van der Waals surface area contributed by atoms with Gasteiger partial charge in [0.15, 0.2) is 0 Å². The molecule has 4 heteroatoms. The number of amides is 1. The zero-order chi connectivity index (χ0) is 13.4. The summed E-state index contributed by atoms with van der Waals surface area (Å²) < 4.78 is 0. The molecule has 4 nitrogen and oxygen atoms in total. The first kappa shape index (κ1) is 15.4. The third kappa shape index (κ3) is 6.36. The molecule has 0 saturated carbocycles. The Hall–Kier alpha value is -0.610. The average Bonchev–Trinajstić information content (AvgIpc) is 2.34. The molecule has 1 aliphatic heterocycles. The molecule has 0 aromatic rings. The van der Waals surface area contributed by atoms with Crippen LogP contribution < -0.4 is 11.1 Å². The van der Waals surface area contributed by atoms with Gasteiger partial charge in [-0.1, -0.05) is 6.92 Å². The Kier molecular flexibility index (Phi) is 7.28. The Morgan fingerprint density at radius 1 is 1.50 bits per heavy atom. The number of piperidine rings is 1. The molecule has 1 rings (SSSR count). The summed E-state index contributed by atoms with van der Waals surface area (Å²) in [6.45, 7) is 6.03. The molecule has 1 amide bonds. The first-order chi connectivity index (χ1) is 8.61. The molecule has 2 unspecified atom stereocenters. The summed E-state index contributed by atoms with van der Waals surface area (Å²) in [5, 5.41) is 3.07. The van der Waals surface area contributed by atoms with Gasteiger partial charge in [0.25, 0.3) is 0 Å². The zero-order valence-electron chi connectivity index (χ0n) is 12.0. The summed E-state index contributed by atoms with van der Waals surface area (Å²) in [5.74, 6) is 1.39. The number of carbonyl (C=O) groups excluding carboxylic acids is 1. The highest BCUT2D eigenvalue weighted by Gasteiger charge is 2.17. The molecular weight excluding hydrogens is 226 g/mol. The lowest BCUT2D eigenvalue weighted by Gasteiger charge is -2.29. The average molecular weight is 255 g/mol. The van der Waals surface area contributed by atoms with Crippen molar-refractivity contribution in [3.63, 3.8) is 0 Å². The van der Waals surface area contributed by atoms with Crippen molar-refractivity contribution in [1.29, 1.82) is 0 Å². The Bertz CT molecular complexity index is 245. The number of nitrogens with two attached hydrogens (primary N) is 1. The van der Waals surface area contributed by atoms with Crippen molar-refractivity contribution in [3.8, 4) is 0 Å². The SMILES string of the molecule is CC(CCN)CCC(=O)NCC1CCCN(C)C1. The first-order valence-corrected chi connectivity index (χ1v) is 7.27. The van der Waals surface area contributed by atoms with Crippen molar-refractivity contribution < 1.29 is 4.79 Å². The van der Waals surface area contributed by atoms with E-state index in [1.54, 1.807) is 0 Å². The van der Waals surface area contributed by atoms with Gasteiger partial charge in [0, 0.05) is 19.5 Å². The van der Waals surface area contributed by atoms with Gasteiger partial charge in [-0.05, 0) is 57.7 Å². The smallest absolute Gasteiger partial charge is 0.220 e. The maximum Gasteiger partial charge on any atom is 0.220 e. The van der Waals surface area contributed by atoms with Crippen molar-refractivity contribution in [2.45, 2.75) is 39.0 Å². The number of hydrogen-bond acceptors (Lipinski definition) is 3. The fourth-order valence-corrected chi connectivity index (χ4v) is 2.59. The number of rotatable bonds is 7. The molecule has 1 aliphatic rings. The van der Waals surface area contributed by atoms with Crippen LogP contribution in [-0.2, 0) is 4.79 Å². The van der Waals surface area contributed by atoms with E-state index in [9.17, 15) is 4.79 Å². The van der Waals surface area contributed by atoms with Crippen LogP contribution in [0.1, 0.15) is 39.0 Å². The van der Waals surface area contributed by atoms with Gasteiger partial charge in [0.1, 0.15) is 0 Å². The van der Waals surface area contributed by atoms with Crippen LogP contribution in [0.3, 0.4) is 0 Å². The van der Waals surface area contributed by atoms with Crippen LogP contribution in [-0.4, -0.2) is 44.0 Å². The van der Waals surface area contributed by atoms with E-state index in [-0.39, 0.29) is 5.91 Å². The van der Waals surface area contributed by atoms with Gasteiger partial charge < -0.3 is 16.0 Å². The van der Waals surface area contributed by atoms with Crippen LogP contribution >= 0.6 is 0 Å². The molecule has 0 spiro atoms. The van der Waals surface area contributed by atoms with Crippen LogP contribution in [0, 0.1) is 11.8 Å². The normalized spacial score (nSPS) is 22.7. The van der Waals surface area contributed by atoms with Gasteiger partial charge >= 0.3 is 0 Å². The van der Waals surface area contributed by atoms with Crippen LogP contribution in [0.5, 0.6) is 0 Å². The highest BCUT2D eigenvalue weighted by molar-refractivity contribution is 5.75. The molecule has 1 saturated heterocycles. The van der Waals surface area contributed by atoms with Crippen LogP contribution in [0.4, 0.5) is 0 Å². The van der Waals surface area contributed by atoms with Crippen LogP contribution in [0.25, 0.3) is 0 Å². The predicted octanol–water partition coefficient (Wildman–Crippen LogP) is 1.21. The third-order valence-corrected chi connectivity index (χ3v) is 3.83. The standard InChI is InChI=1S/C14H29N3O/c1-12(7-8-15)5-6-14(18)16-10-13-4-3-9-17(2)11-13/h12-13H,3-11,15H2,1-2H3,(H,16,18). The lowest BCUT2D eigenvalue weighted by molar-refractivity contribution is -0.121. The molecule has 2 atom stereocenters. The monoisotopic (exact) mass is 255 g/mol. The van der Waals surface area contributed by atoms with Crippen LogP contribution in [0.15, 0.2) is 0 Å². The van der Waals surface area contributed by atoms with Crippen molar-refractivity contribution in [3.05, 3.63) is 0 Å². The van der Waals surface area contributed by atoms with E-state index in [4.69, 9.17) is 5.73 Å². The fraction of sp³-hybridized carbons (Fsp3) is 0.929. The van der Waals surface area contributed by atoms with Gasteiger partial charge in [0.05, 0.1) is 0 Å². The number of nitrogens with zero attached hydrogens (tertiary/aromatic N) is 1. The van der Waals surface area contributed by atoms with E-state index in [0.717, 1.165) is 32.5 Å². The Balaban J connectivity index is 2.09. The van der Waals surface area contributed by atoms with Gasteiger partial charge in [0.2, 0.25) is 5.91 Å². The topological polar surface area (TPSA) is 58.4 Å². The number of likely N-dealkylation sites (tertiary alicyclic amines) is 1. The highest BCUT2D eigenvalue weighted by Crippen LogP contribution is 2.14. The van der Waals surface area contributed by atoms with Crippen molar-refractivity contribution in [2.24, 2.45) is 17.6 Å². The molecule has 0 aromatic carbocycles. The van der Waals surface area contributed by atoms with Gasteiger partial charge in [-0.2, -0.15) is 0 Å². The van der Waals surface area contributed by atoms with Crippen molar-refractivity contribution in [1.82, 2.24) is 10.2 Å². The summed E-state index contributed by atoms with van der Waals surface area (Å²) in [6.07, 6.45) is 5.11. The second-order valence-electron chi connectivity index (χ2n) is 5.80. The number of carbonyl (C=O) groups is 1. The van der Waals surface area contributed by atoms with E-state index < -0.39 is 0 Å². The second kappa shape index (κ2) is 8.48.